The number of amides is 1. The number of likely N-dealkylation sites (tertiary alicyclic amines) is 1. The van der Waals surface area contributed by atoms with Gasteiger partial charge in [0.25, 0.3) is 0 Å². The van der Waals surface area contributed by atoms with Crippen LogP contribution in [0, 0.1) is 11.3 Å². The van der Waals surface area contributed by atoms with Crippen molar-refractivity contribution in [2.75, 3.05) is 13.1 Å². The van der Waals surface area contributed by atoms with Gasteiger partial charge in [-0.25, -0.2) is 0 Å². The topological polar surface area (TPSA) is 40.5 Å². The zero-order valence-corrected chi connectivity index (χ0v) is 18.1. The third-order valence-corrected chi connectivity index (χ3v) is 7.81. The second kappa shape index (κ2) is 6.86. The lowest BCUT2D eigenvalue weighted by Crippen LogP contribution is -2.52. The quantitative estimate of drug-likeness (QED) is 0.779. The molecule has 1 aromatic carbocycles. The van der Waals surface area contributed by atoms with Crippen LogP contribution in [0.5, 0.6) is 0 Å². The summed E-state index contributed by atoms with van der Waals surface area (Å²) >= 11 is 0. The normalized spacial score (nSPS) is 32.4. The summed E-state index contributed by atoms with van der Waals surface area (Å²) in [6, 6.07) is 9.33. The molecule has 1 heterocycles. The average Bonchev–Trinajstić information content (AvgIpc) is 3.03. The van der Waals surface area contributed by atoms with E-state index in [1.54, 1.807) is 0 Å². The molecule has 1 spiro atoms. The van der Waals surface area contributed by atoms with E-state index in [2.05, 4.69) is 49.9 Å². The first-order chi connectivity index (χ1) is 13.1. The zero-order valence-electron chi connectivity index (χ0n) is 18.1. The summed E-state index contributed by atoms with van der Waals surface area (Å²) in [4.78, 5) is 14.8. The van der Waals surface area contributed by atoms with Crippen LogP contribution in [0.25, 0.3) is 0 Å². The van der Waals surface area contributed by atoms with Crippen molar-refractivity contribution in [3.8, 4) is 0 Å². The average molecular weight is 384 g/mol. The van der Waals surface area contributed by atoms with Gasteiger partial charge in [-0.2, -0.15) is 0 Å². The van der Waals surface area contributed by atoms with Crippen LogP contribution in [0.3, 0.4) is 0 Å². The van der Waals surface area contributed by atoms with E-state index < -0.39 is 5.60 Å². The summed E-state index contributed by atoms with van der Waals surface area (Å²) in [7, 11) is 0. The van der Waals surface area contributed by atoms with Gasteiger partial charge >= 0.3 is 0 Å². The Bertz CT molecular complexity index is 712. The molecule has 1 amide bonds. The molecule has 4 rings (SSSR count). The molecule has 3 nitrogen and oxygen atoms in total. The van der Waals surface area contributed by atoms with Crippen molar-refractivity contribution in [2.45, 2.75) is 89.6 Å². The molecule has 1 atom stereocenters. The highest BCUT2D eigenvalue weighted by molar-refractivity contribution is 5.80. The first-order valence-corrected chi connectivity index (χ1v) is 11.2. The third kappa shape index (κ3) is 3.87. The minimum Gasteiger partial charge on any atom is -0.390 e. The van der Waals surface area contributed by atoms with Crippen LogP contribution in [-0.2, 0) is 10.2 Å². The van der Waals surface area contributed by atoms with Gasteiger partial charge in [-0.3, -0.25) is 4.79 Å². The van der Waals surface area contributed by atoms with E-state index in [4.69, 9.17) is 0 Å². The number of nitrogens with zero attached hydrogens (tertiary/aromatic N) is 1. The molecular weight excluding hydrogens is 346 g/mol. The molecule has 3 fully saturated rings. The Balaban J connectivity index is 1.33. The largest absolute Gasteiger partial charge is 0.390 e. The Morgan fingerprint density at radius 3 is 2.18 bits per heavy atom. The van der Waals surface area contributed by atoms with Gasteiger partial charge in [0.2, 0.25) is 5.91 Å². The van der Waals surface area contributed by atoms with E-state index >= 15 is 0 Å². The molecule has 1 N–H and O–H groups in total. The van der Waals surface area contributed by atoms with Gasteiger partial charge in [0.05, 0.1) is 5.60 Å². The van der Waals surface area contributed by atoms with E-state index in [9.17, 15) is 9.90 Å². The summed E-state index contributed by atoms with van der Waals surface area (Å²) in [5, 5.41) is 9.93. The molecule has 154 valence electrons. The van der Waals surface area contributed by atoms with E-state index in [1.807, 2.05) is 6.92 Å². The SMILES string of the molecule is CC1(O)CC(C(=O)N2CCC3(CC[C@@H](c4ccc(C(C)(C)C)cc4)C3)CC2)C1. The molecule has 0 bridgehead atoms. The van der Waals surface area contributed by atoms with Gasteiger partial charge < -0.3 is 10.0 Å². The van der Waals surface area contributed by atoms with Gasteiger partial charge in [0, 0.05) is 19.0 Å². The van der Waals surface area contributed by atoms with Gasteiger partial charge in [0.15, 0.2) is 0 Å². The minimum absolute atomic E-state index is 0.0571. The van der Waals surface area contributed by atoms with Gasteiger partial charge in [-0.15, -0.1) is 0 Å². The van der Waals surface area contributed by atoms with Crippen LogP contribution in [0.1, 0.15) is 89.7 Å². The molecular formula is C25H37NO2. The number of carbonyl (C=O) groups excluding carboxylic acids is 1. The molecule has 1 aliphatic heterocycles. The summed E-state index contributed by atoms with van der Waals surface area (Å²) in [6.07, 6.45) is 7.45. The predicted octanol–water partition coefficient (Wildman–Crippen LogP) is 5.02. The fraction of sp³-hybridized carbons (Fsp3) is 0.720. The highest BCUT2D eigenvalue weighted by Gasteiger charge is 2.47. The lowest BCUT2D eigenvalue weighted by atomic mass is 9.70. The maximum atomic E-state index is 12.7. The van der Waals surface area contributed by atoms with Crippen LogP contribution in [0.4, 0.5) is 0 Å². The fourth-order valence-electron chi connectivity index (χ4n) is 5.84. The molecule has 0 unspecified atom stereocenters. The van der Waals surface area contributed by atoms with Crippen LogP contribution in [0.15, 0.2) is 24.3 Å². The van der Waals surface area contributed by atoms with Crippen LogP contribution in [-0.4, -0.2) is 34.6 Å². The summed E-state index contributed by atoms with van der Waals surface area (Å²) < 4.78 is 0. The van der Waals surface area contributed by atoms with Crippen molar-refractivity contribution >= 4 is 5.91 Å². The number of piperidine rings is 1. The Morgan fingerprint density at radius 2 is 1.64 bits per heavy atom. The minimum atomic E-state index is -0.613. The maximum absolute atomic E-state index is 12.7. The van der Waals surface area contributed by atoms with Gasteiger partial charge in [-0.05, 0) is 79.7 Å². The van der Waals surface area contributed by atoms with E-state index in [1.165, 1.54) is 30.4 Å². The Hall–Kier alpha value is -1.35. The molecule has 0 radical (unpaired) electrons. The lowest BCUT2D eigenvalue weighted by Gasteiger charge is -2.45. The van der Waals surface area contributed by atoms with Gasteiger partial charge in [0.1, 0.15) is 0 Å². The van der Waals surface area contributed by atoms with Crippen molar-refractivity contribution in [1.29, 1.82) is 0 Å². The van der Waals surface area contributed by atoms with Crippen LogP contribution >= 0.6 is 0 Å². The highest BCUT2D eigenvalue weighted by atomic mass is 16.3. The fourth-order valence-corrected chi connectivity index (χ4v) is 5.84. The summed E-state index contributed by atoms with van der Waals surface area (Å²) in [5.41, 5.74) is 2.95. The number of hydrogen-bond donors (Lipinski definition) is 1. The second-order valence-corrected chi connectivity index (χ2v) is 11.2. The van der Waals surface area contributed by atoms with Crippen molar-refractivity contribution in [3.63, 3.8) is 0 Å². The lowest BCUT2D eigenvalue weighted by molar-refractivity contribution is -0.151. The van der Waals surface area contributed by atoms with E-state index in [-0.39, 0.29) is 17.2 Å². The molecule has 1 saturated heterocycles. The van der Waals surface area contributed by atoms with Gasteiger partial charge in [-0.1, -0.05) is 45.0 Å². The first kappa shape index (κ1) is 19.9. The van der Waals surface area contributed by atoms with Crippen molar-refractivity contribution in [1.82, 2.24) is 4.90 Å². The molecule has 3 aliphatic rings. The van der Waals surface area contributed by atoms with E-state index in [0.29, 0.717) is 24.2 Å². The van der Waals surface area contributed by atoms with Crippen molar-refractivity contribution < 1.29 is 9.90 Å². The zero-order chi connectivity index (χ0) is 20.2. The number of aliphatic hydroxyl groups is 1. The molecule has 3 heteroatoms. The first-order valence-electron chi connectivity index (χ1n) is 11.2. The monoisotopic (exact) mass is 383 g/mol. The van der Waals surface area contributed by atoms with Crippen molar-refractivity contribution in [3.05, 3.63) is 35.4 Å². The summed E-state index contributed by atoms with van der Waals surface area (Å²) in [6.45, 7) is 10.5. The Kier molecular flexibility index (Phi) is 4.89. The number of carbonyl (C=O) groups is 1. The maximum Gasteiger partial charge on any atom is 0.225 e. The molecule has 28 heavy (non-hydrogen) atoms. The molecule has 2 saturated carbocycles. The predicted molar refractivity (Wildman–Crippen MR) is 113 cm³/mol. The van der Waals surface area contributed by atoms with Crippen molar-refractivity contribution in [2.24, 2.45) is 11.3 Å². The van der Waals surface area contributed by atoms with E-state index in [0.717, 1.165) is 25.9 Å². The molecule has 1 aromatic rings. The van der Waals surface area contributed by atoms with Crippen LogP contribution < -0.4 is 0 Å². The number of hydrogen-bond acceptors (Lipinski definition) is 2. The van der Waals surface area contributed by atoms with Crippen LogP contribution in [0.2, 0.25) is 0 Å². The Labute approximate surface area is 170 Å². The standard InChI is InChI=1S/C25H37NO2/c1-23(2,3)21-7-5-18(6-8-21)19-9-10-25(17-19)11-13-26(14-12-25)22(27)20-15-24(4,28)16-20/h5-8,19-20,28H,9-17H2,1-4H3/t19-,20?,24?/m1/s1. The second-order valence-electron chi connectivity index (χ2n) is 11.2. The number of benzene rings is 1. The third-order valence-electron chi connectivity index (χ3n) is 7.81. The molecule has 0 aromatic heterocycles. The Morgan fingerprint density at radius 1 is 1.04 bits per heavy atom. The molecule has 2 aliphatic carbocycles. The smallest absolute Gasteiger partial charge is 0.225 e. The highest BCUT2D eigenvalue weighted by Crippen LogP contribution is 2.52. The summed E-state index contributed by atoms with van der Waals surface area (Å²) in [5.74, 6) is 1.02. The number of rotatable bonds is 2.